The van der Waals surface area contributed by atoms with Crippen LogP contribution in [-0.2, 0) is 0 Å². The third-order valence-corrected chi connectivity index (χ3v) is 2.85. The van der Waals surface area contributed by atoms with E-state index >= 15 is 0 Å². The van der Waals surface area contributed by atoms with Gasteiger partial charge in [-0.1, -0.05) is 18.2 Å². The molecule has 0 N–H and O–H groups in total. The predicted octanol–water partition coefficient (Wildman–Crippen LogP) is 3.33. The van der Waals surface area contributed by atoms with Crippen molar-refractivity contribution in [3.05, 3.63) is 48.2 Å². The third-order valence-electron chi connectivity index (χ3n) is 2.85. The van der Waals surface area contributed by atoms with E-state index in [0.717, 1.165) is 19.3 Å². The number of hydrogen-bond acceptors (Lipinski definition) is 3. The van der Waals surface area contributed by atoms with Crippen LogP contribution >= 0.6 is 0 Å². The number of Topliss-reactive ketones (excluding diaryl/α,β-unsaturated/α-hetero) is 1. The zero-order chi connectivity index (χ0) is 12.8. The van der Waals surface area contributed by atoms with Gasteiger partial charge in [0.05, 0.1) is 5.56 Å². The highest BCUT2D eigenvalue weighted by atomic mass is 16.5. The van der Waals surface area contributed by atoms with Gasteiger partial charge in [0.1, 0.15) is 6.10 Å². The van der Waals surface area contributed by atoms with Gasteiger partial charge in [0.15, 0.2) is 5.78 Å². The van der Waals surface area contributed by atoms with E-state index in [-0.39, 0.29) is 11.9 Å². The standard InChI is InChI=1S/C15H17NO2/c1-12(17)14-10-7-11-16-15(14)18-13-8-5-3-2-4-6-9-13/h2-3,5,7-8,10-11,13H,4,6,9H2,1H3/b3-2-,8-5-. The van der Waals surface area contributed by atoms with Crippen LogP contribution < -0.4 is 4.74 Å². The van der Waals surface area contributed by atoms with Crippen LogP contribution in [0.5, 0.6) is 5.88 Å². The Hall–Kier alpha value is -1.90. The summed E-state index contributed by atoms with van der Waals surface area (Å²) >= 11 is 0. The fourth-order valence-electron chi connectivity index (χ4n) is 1.89. The number of pyridine rings is 1. The molecule has 2 rings (SSSR count). The molecule has 18 heavy (non-hydrogen) atoms. The van der Waals surface area contributed by atoms with E-state index in [1.54, 1.807) is 18.3 Å². The molecule has 1 unspecified atom stereocenters. The summed E-state index contributed by atoms with van der Waals surface area (Å²) in [6.07, 6.45) is 12.9. The zero-order valence-electron chi connectivity index (χ0n) is 10.5. The molecule has 3 heteroatoms. The van der Waals surface area contributed by atoms with Crippen molar-refractivity contribution in [3.63, 3.8) is 0 Å². The number of allylic oxidation sites excluding steroid dienone is 3. The fraction of sp³-hybridized carbons (Fsp3) is 0.333. The highest BCUT2D eigenvalue weighted by Crippen LogP contribution is 2.19. The average Bonchev–Trinajstić information content (AvgIpc) is 2.33. The second-order valence-corrected chi connectivity index (χ2v) is 4.31. The molecule has 0 spiro atoms. The molecule has 0 aliphatic heterocycles. The summed E-state index contributed by atoms with van der Waals surface area (Å²) in [6, 6.07) is 3.50. The molecule has 94 valence electrons. The Balaban J connectivity index is 2.15. The van der Waals surface area contributed by atoms with E-state index in [9.17, 15) is 4.79 Å². The van der Waals surface area contributed by atoms with Crippen molar-refractivity contribution in [1.82, 2.24) is 4.98 Å². The Labute approximate surface area is 107 Å². The van der Waals surface area contributed by atoms with Crippen molar-refractivity contribution < 1.29 is 9.53 Å². The summed E-state index contributed by atoms with van der Waals surface area (Å²) < 4.78 is 5.83. The summed E-state index contributed by atoms with van der Waals surface area (Å²) in [5.41, 5.74) is 0.545. The van der Waals surface area contributed by atoms with Crippen LogP contribution in [-0.4, -0.2) is 16.9 Å². The van der Waals surface area contributed by atoms with Gasteiger partial charge in [0, 0.05) is 6.20 Å². The normalized spacial score (nSPS) is 22.6. The Kier molecular flexibility index (Phi) is 4.29. The summed E-state index contributed by atoms with van der Waals surface area (Å²) in [4.78, 5) is 15.6. The van der Waals surface area contributed by atoms with E-state index in [1.807, 2.05) is 18.2 Å². The molecular formula is C15H17NO2. The topological polar surface area (TPSA) is 39.2 Å². The van der Waals surface area contributed by atoms with Gasteiger partial charge in [-0.3, -0.25) is 4.79 Å². The summed E-state index contributed by atoms with van der Waals surface area (Å²) in [6.45, 7) is 1.53. The molecule has 0 saturated heterocycles. The van der Waals surface area contributed by atoms with Gasteiger partial charge in [-0.15, -0.1) is 0 Å². The first-order valence-corrected chi connectivity index (χ1v) is 6.23. The molecule has 0 amide bonds. The molecule has 1 aliphatic rings. The lowest BCUT2D eigenvalue weighted by molar-refractivity contribution is 0.101. The van der Waals surface area contributed by atoms with Crippen LogP contribution in [0.4, 0.5) is 0 Å². The van der Waals surface area contributed by atoms with Gasteiger partial charge in [-0.05, 0) is 44.4 Å². The highest BCUT2D eigenvalue weighted by Gasteiger charge is 2.13. The first kappa shape index (κ1) is 12.6. The lowest BCUT2D eigenvalue weighted by atomic mass is 10.1. The molecule has 0 bridgehead atoms. The van der Waals surface area contributed by atoms with Crippen molar-refractivity contribution in [1.29, 1.82) is 0 Å². The lowest BCUT2D eigenvalue weighted by Crippen LogP contribution is -2.16. The van der Waals surface area contributed by atoms with E-state index in [0.29, 0.717) is 11.4 Å². The van der Waals surface area contributed by atoms with Crippen molar-refractivity contribution in [2.75, 3.05) is 0 Å². The lowest BCUT2D eigenvalue weighted by Gasteiger charge is -2.16. The molecule has 3 nitrogen and oxygen atoms in total. The minimum atomic E-state index is -0.0205. The molecule has 1 aromatic rings. The molecule has 0 aromatic carbocycles. The summed E-state index contributed by atoms with van der Waals surface area (Å²) in [5.74, 6) is 0.414. The molecule has 1 aromatic heterocycles. The van der Waals surface area contributed by atoms with Crippen LogP contribution in [0.25, 0.3) is 0 Å². The molecule has 0 fully saturated rings. The van der Waals surface area contributed by atoms with Crippen LogP contribution in [0.3, 0.4) is 0 Å². The second kappa shape index (κ2) is 6.15. The number of rotatable bonds is 3. The number of nitrogens with zero attached hydrogens (tertiary/aromatic N) is 1. The molecule has 1 heterocycles. The predicted molar refractivity (Wildman–Crippen MR) is 70.8 cm³/mol. The maximum atomic E-state index is 11.5. The van der Waals surface area contributed by atoms with Gasteiger partial charge in [-0.2, -0.15) is 0 Å². The highest BCUT2D eigenvalue weighted by molar-refractivity contribution is 5.96. The monoisotopic (exact) mass is 243 g/mol. The van der Waals surface area contributed by atoms with E-state index in [4.69, 9.17) is 4.74 Å². The van der Waals surface area contributed by atoms with Crippen molar-refractivity contribution >= 4 is 5.78 Å². The first-order chi connectivity index (χ1) is 8.77. The SMILES string of the molecule is CC(=O)c1cccnc1OC1/C=C\C=C/CCC1. The number of carbonyl (C=O) groups is 1. The maximum Gasteiger partial charge on any atom is 0.224 e. The maximum absolute atomic E-state index is 11.5. The Morgan fingerprint density at radius 1 is 1.44 bits per heavy atom. The first-order valence-electron chi connectivity index (χ1n) is 6.23. The summed E-state index contributed by atoms with van der Waals surface area (Å²) in [5, 5.41) is 0. The number of ether oxygens (including phenoxy) is 1. The molecule has 1 aliphatic carbocycles. The van der Waals surface area contributed by atoms with Gasteiger partial charge >= 0.3 is 0 Å². The number of ketones is 1. The van der Waals surface area contributed by atoms with E-state index in [1.165, 1.54) is 6.92 Å². The van der Waals surface area contributed by atoms with Crippen LogP contribution in [0, 0.1) is 0 Å². The van der Waals surface area contributed by atoms with E-state index in [2.05, 4.69) is 11.1 Å². The van der Waals surface area contributed by atoms with Gasteiger partial charge in [0.25, 0.3) is 0 Å². The van der Waals surface area contributed by atoms with Gasteiger partial charge in [-0.25, -0.2) is 4.98 Å². The molecule has 0 radical (unpaired) electrons. The number of hydrogen-bond donors (Lipinski definition) is 0. The molecular weight excluding hydrogens is 226 g/mol. The minimum Gasteiger partial charge on any atom is -0.470 e. The molecule has 0 saturated carbocycles. The van der Waals surface area contributed by atoms with E-state index < -0.39 is 0 Å². The third kappa shape index (κ3) is 3.29. The molecule has 1 atom stereocenters. The fourth-order valence-corrected chi connectivity index (χ4v) is 1.89. The van der Waals surface area contributed by atoms with Crippen LogP contribution in [0.1, 0.15) is 36.5 Å². The summed E-state index contributed by atoms with van der Waals surface area (Å²) in [7, 11) is 0. The zero-order valence-corrected chi connectivity index (χ0v) is 10.5. The van der Waals surface area contributed by atoms with Crippen molar-refractivity contribution in [3.8, 4) is 5.88 Å². The minimum absolute atomic E-state index is 0.0112. The average molecular weight is 243 g/mol. The Bertz CT molecular complexity index is 477. The van der Waals surface area contributed by atoms with Gasteiger partial charge in [0.2, 0.25) is 5.88 Å². The number of aromatic nitrogens is 1. The largest absolute Gasteiger partial charge is 0.470 e. The quantitative estimate of drug-likeness (QED) is 0.764. The van der Waals surface area contributed by atoms with Crippen LogP contribution in [0.2, 0.25) is 0 Å². The smallest absolute Gasteiger partial charge is 0.224 e. The van der Waals surface area contributed by atoms with Gasteiger partial charge < -0.3 is 4.74 Å². The Morgan fingerprint density at radius 3 is 3.17 bits per heavy atom. The second-order valence-electron chi connectivity index (χ2n) is 4.31. The van der Waals surface area contributed by atoms with Crippen molar-refractivity contribution in [2.45, 2.75) is 32.3 Å². The van der Waals surface area contributed by atoms with Crippen LogP contribution in [0.15, 0.2) is 42.6 Å². The van der Waals surface area contributed by atoms with Crippen molar-refractivity contribution in [2.24, 2.45) is 0 Å². The number of carbonyl (C=O) groups excluding carboxylic acids is 1. The Morgan fingerprint density at radius 2 is 2.33 bits per heavy atom.